The normalized spacial score (nSPS) is 15.6. The van der Waals surface area contributed by atoms with Gasteiger partial charge in [-0.3, -0.25) is 4.57 Å². The summed E-state index contributed by atoms with van der Waals surface area (Å²) in [5.41, 5.74) is 3.14. The zero-order valence-electron chi connectivity index (χ0n) is 16.0. The highest BCUT2D eigenvalue weighted by atomic mass is 32.2. The second-order valence-electron chi connectivity index (χ2n) is 6.82. The molecule has 2 heterocycles. The van der Waals surface area contributed by atoms with Gasteiger partial charge in [0.15, 0.2) is 5.16 Å². The molecule has 0 amide bonds. The average Bonchev–Trinajstić information content (AvgIpc) is 3.12. The minimum absolute atomic E-state index is 0.0419. The standard InChI is InChI=1S/C21H23FN4OS/c1-15-6-3-4-9-19(15)26-20(25-10-12-27-13-11-25)23-24-21(26)28-16(2)17-7-5-8-18(22)14-17/h3-9,14,16H,10-13H2,1-2H3. The van der Waals surface area contributed by atoms with Crippen molar-refractivity contribution in [1.82, 2.24) is 14.8 Å². The Hall–Kier alpha value is -2.38. The molecule has 1 fully saturated rings. The summed E-state index contributed by atoms with van der Waals surface area (Å²) in [4.78, 5) is 2.21. The maximum atomic E-state index is 13.6. The van der Waals surface area contributed by atoms with Gasteiger partial charge in [0.05, 0.1) is 18.9 Å². The number of thioether (sulfide) groups is 1. The molecule has 0 aliphatic carbocycles. The number of aryl methyl sites for hydroxylation is 1. The van der Waals surface area contributed by atoms with Crippen LogP contribution in [0.5, 0.6) is 0 Å². The summed E-state index contributed by atoms with van der Waals surface area (Å²) >= 11 is 1.59. The lowest BCUT2D eigenvalue weighted by atomic mass is 10.2. The third-order valence-electron chi connectivity index (χ3n) is 4.87. The quantitative estimate of drug-likeness (QED) is 0.596. The van der Waals surface area contributed by atoms with E-state index in [4.69, 9.17) is 4.74 Å². The predicted octanol–water partition coefficient (Wildman–Crippen LogP) is 4.40. The largest absolute Gasteiger partial charge is 0.378 e. The van der Waals surface area contributed by atoms with Crippen LogP contribution in [0.4, 0.5) is 10.3 Å². The molecule has 0 saturated carbocycles. The van der Waals surface area contributed by atoms with E-state index < -0.39 is 0 Å². The van der Waals surface area contributed by atoms with Gasteiger partial charge in [-0.05, 0) is 43.2 Å². The molecule has 1 aliphatic heterocycles. The first-order valence-corrected chi connectivity index (χ1v) is 10.3. The first-order valence-electron chi connectivity index (χ1n) is 9.39. The number of aromatic nitrogens is 3. The van der Waals surface area contributed by atoms with Crippen LogP contribution in [0.15, 0.2) is 53.7 Å². The lowest BCUT2D eigenvalue weighted by molar-refractivity contribution is 0.122. The van der Waals surface area contributed by atoms with Gasteiger partial charge in [-0.25, -0.2) is 4.39 Å². The molecule has 5 nitrogen and oxygen atoms in total. The van der Waals surface area contributed by atoms with Gasteiger partial charge >= 0.3 is 0 Å². The summed E-state index contributed by atoms with van der Waals surface area (Å²) in [5.74, 6) is 0.603. The minimum Gasteiger partial charge on any atom is -0.378 e. The van der Waals surface area contributed by atoms with Crippen molar-refractivity contribution in [3.05, 3.63) is 65.5 Å². The van der Waals surface area contributed by atoms with Crippen LogP contribution in [0.1, 0.15) is 23.3 Å². The van der Waals surface area contributed by atoms with Crippen molar-refractivity contribution < 1.29 is 9.13 Å². The van der Waals surface area contributed by atoms with E-state index in [2.05, 4.69) is 45.6 Å². The van der Waals surface area contributed by atoms with Gasteiger partial charge in [-0.2, -0.15) is 0 Å². The van der Waals surface area contributed by atoms with Gasteiger partial charge in [-0.1, -0.05) is 42.1 Å². The second-order valence-corrected chi connectivity index (χ2v) is 8.13. The fourth-order valence-corrected chi connectivity index (χ4v) is 4.29. The van der Waals surface area contributed by atoms with E-state index in [0.717, 1.165) is 41.0 Å². The molecule has 0 spiro atoms. The van der Waals surface area contributed by atoms with Crippen LogP contribution < -0.4 is 4.90 Å². The molecule has 1 atom stereocenters. The Morgan fingerprint density at radius 2 is 1.86 bits per heavy atom. The van der Waals surface area contributed by atoms with E-state index in [1.54, 1.807) is 23.9 Å². The van der Waals surface area contributed by atoms with Gasteiger partial charge in [0.2, 0.25) is 5.95 Å². The van der Waals surface area contributed by atoms with Crippen molar-refractivity contribution in [2.45, 2.75) is 24.3 Å². The maximum Gasteiger partial charge on any atom is 0.232 e. The van der Waals surface area contributed by atoms with E-state index in [1.807, 2.05) is 18.2 Å². The van der Waals surface area contributed by atoms with Gasteiger partial charge < -0.3 is 9.64 Å². The molecule has 0 N–H and O–H groups in total. The summed E-state index contributed by atoms with van der Waals surface area (Å²) < 4.78 is 21.3. The number of benzene rings is 2. The van der Waals surface area contributed by atoms with Crippen LogP contribution in [0.2, 0.25) is 0 Å². The first-order chi connectivity index (χ1) is 13.6. The van der Waals surface area contributed by atoms with Crippen LogP contribution in [0.25, 0.3) is 5.69 Å². The van der Waals surface area contributed by atoms with Crippen LogP contribution in [-0.2, 0) is 4.74 Å². The SMILES string of the molecule is Cc1ccccc1-n1c(SC(C)c2cccc(F)c2)nnc1N1CCOCC1. The Morgan fingerprint density at radius 1 is 1.07 bits per heavy atom. The Kier molecular flexibility index (Phi) is 5.64. The van der Waals surface area contributed by atoms with E-state index in [9.17, 15) is 4.39 Å². The molecule has 2 aromatic carbocycles. The molecular weight excluding hydrogens is 375 g/mol. The number of morpholine rings is 1. The first kappa shape index (κ1) is 19.0. The fourth-order valence-electron chi connectivity index (χ4n) is 3.32. The third-order valence-corrected chi connectivity index (χ3v) is 5.97. The van der Waals surface area contributed by atoms with E-state index in [0.29, 0.717) is 13.2 Å². The second kappa shape index (κ2) is 8.32. The van der Waals surface area contributed by atoms with Crippen molar-refractivity contribution in [1.29, 1.82) is 0 Å². The van der Waals surface area contributed by atoms with Crippen molar-refractivity contribution in [3.8, 4) is 5.69 Å². The van der Waals surface area contributed by atoms with Gasteiger partial charge in [-0.15, -0.1) is 10.2 Å². The Balaban J connectivity index is 1.72. The zero-order chi connectivity index (χ0) is 19.5. The summed E-state index contributed by atoms with van der Waals surface area (Å²) in [5, 5.41) is 9.85. The molecule has 1 aromatic heterocycles. The number of nitrogens with zero attached hydrogens (tertiary/aromatic N) is 4. The Labute approximate surface area is 168 Å². The number of hydrogen-bond acceptors (Lipinski definition) is 5. The van der Waals surface area contributed by atoms with Crippen LogP contribution in [0.3, 0.4) is 0 Å². The molecule has 1 unspecified atom stereocenters. The number of rotatable bonds is 5. The predicted molar refractivity (Wildman–Crippen MR) is 110 cm³/mol. The number of hydrogen-bond donors (Lipinski definition) is 0. The molecule has 4 rings (SSSR count). The highest BCUT2D eigenvalue weighted by Gasteiger charge is 2.24. The number of anilines is 1. The number of halogens is 1. The molecule has 146 valence electrons. The topological polar surface area (TPSA) is 43.2 Å². The molecule has 7 heteroatoms. The van der Waals surface area contributed by atoms with Gasteiger partial charge in [0.1, 0.15) is 5.82 Å². The van der Waals surface area contributed by atoms with Crippen LogP contribution in [0, 0.1) is 12.7 Å². The smallest absolute Gasteiger partial charge is 0.232 e. The zero-order valence-corrected chi connectivity index (χ0v) is 16.8. The van der Waals surface area contributed by atoms with Crippen LogP contribution >= 0.6 is 11.8 Å². The Morgan fingerprint density at radius 3 is 2.61 bits per heavy atom. The van der Waals surface area contributed by atoms with Gasteiger partial charge in [0, 0.05) is 18.3 Å². The molecule has 3 aromatic rings. The monoisotopic (exact) mass is 398 g/mol. The van der Waals surface area contributed by atoms with Crippen molar-refractivity contribution in [2.75, 3.05) is 31.2 Å². The molecule has 0 bridgehead atoms. The molecule has 1 saturated heterocycles. The summed E-state index contributed by atoms with van der Waals surface area (Å²) in [7, 11) is 0. The minimum atomic E-state index is -0.223. The fraction of sp³-hybridized carbons (Fsp3) is 0.333. The molecular formula is C21H23FN4OS. The number of ether oxygens (including phenoxy) is 1. The van der Waals surface area contributed by atoms with E-state index >= 15 is 0 Å². The summed E-state index contributed by atoms with van der Waals surface area (Å²) in [6, 6.07) is 14.9. The third kappa shape index (κ3) is 3.91. The van der Waals surface area contributed by atoms with Crippen molar-refractivity contribution in [3.63, 3.8) is 0 Å². The lowest BCUT2D eigenvalue weighted by Gasteiger charge is -2.28. The lowest BCUT2D eigenvalue weighted by Crippen LogP contribution is -2.38. The number of para-hydroxylation sites is 1. The van der Waals surface area contributed by atoms with Crippen LogP contribution in [-0.4, -0.2) is 41.1 Å². The maximum absolute atomic E-state index is 13.6. The average molecular weight is 399 g/mol. The molecule has 28 heavy (non-hydrogen) atoms. The summed E-state index contributed by atoms with van der Waals surface area (Å²) in [6.45, 7) is 7.08. The van der Waals surface area contributed by atoms with E-state index in [1.165, 1.54) is 6.07 Å². The summed E-state index contributed by atoms with van der Waals surface area (Å²) in [6.07, 6.45) is 0. The molecule has 1 aliphatic rings. The highest BCUT2D eigenvalue weighted by molar-refractivity contribution is 7.99. The van der Waals surface area contributed by atoms with Crippen molar-refractivity contribution in [2.24, 2.45) is 0 Å². The Bertz CT molecular complexity index is 955. The van der Waals surface area contributed by atoms with Crippen molar-refractivity contribution >= 4 is 17.7 Å². The van der Waals surface area contributed by atoms with Gasteiger partial charge in [0.25, 0.3) is 0 Å². The molecule has 0 radical (unpaired) electrons. The van der Waals surface area contributed by atoms with E-state index in [-0.39, 0.29) is 11.1 Å². The highest BCUT2D eigenvalue weighted by Crippen LogP contribution is 2.37.